The maximum Gasteiger partial charge on any atom is 0.330 e. The van der Waals surface area contributed by atoms with Gasteiger partial charge in [-0.3, -0.25) is 4.79 Å². The molecule has 1 aliphatic rings. The molecule has 0 spiro atoms. The zero-order valence-corrected chi connectivity index (χ0v) is 23.9. The minimum absolute atomic E-state index is 0.230. The molecule has 3 aromatic heterocycles. The van der Waals surface area contributed by atoms with Gasteiger partial charge in [0.1, 0.15) is 0 Å². The van der Waals surface area contributed by atoms with E-state index >= 15 is 0 Å². The summed E-state index contributed by atoms with van der Waals surface area (Å²) in [6.45, 7) is 1.42. The highest BCUT2D eigenvalue weighted by atomic mass is 16.2. The Morgan fingerprint density at radius 3 is 2.70 bits per heavy atom. The quantitative estimate of drug-likeness (QED) is 0.233. The first kappa shape index (κ1) is 27.6. The van der Waals surface area contributed by atoms with Gasteiger partial charge in [0, 0.05) is 42.8 Å². The Morgan fingerprint density at radius 1 is 1.02 bits per heavy atom. The Morgan fingerprint density at radius 2 is 1.86 bits per heavy atom. The lowest BCUT2D eigenvalue weighted by Gasteiger charge is -2.36. The summed E-state index contributed by atoms with van der Waals surface area (Å²) in [5.41, 5.74) is 4.55. The molecule has 11 heteroatoms. The monoisotopic (exact) mass is 573 g/mol. The number of carbonyl (C=O) groups is 2. The highest BCUT2D eigenvalue weighted by Gasteiger charge is 2.33. The maximum absolute atomic E-state index is 14.1. The lowest BCUT2D eigenvalue weighted by Crippen LogP contribution is -2.45. The van der Waals surface area contributed by atoms with Gasteiger partial charge in [-0.1, -0.05) is 48.5 Å². The molecule has 0 atom stereocenters. The van der Waals surface area contributed by atoms with E-state index in [9.17, 15) is 9.59 Å². The van der Waals surface area contributed by atoms with Crippen LogP contribution in [0.5, 0.6) is 0 Å². The predicted molar refractivity (Wildman–Crippen MR) is 166 cm³/mol. The van der Waals surface area contributed by atoms with Crippen LogP contribution in [0.4, 0.5) is 33.6 Å². The molecule has 0 bridgehead atoms. The molecule has 0 aliphatic carbocycles. The molecule has 0 fully saturated rings. The molecular formula is C32H31N9O2. The third-order valence-electron chi connectivity index (χ3n) is 6.88. The van der Waals surface area contributed by atoms with Gasteiger partial charge in [0.05, 0.1) is 29.6 Å². The van der Waals surface area contributed by atoms with Gasteiger partial charge in [-0.2, -0.15) is 10.1 Å². The maximum atomic E-state index is 14.1. The van der Waals surface area contributed by atoms with Crippen molar-refractivity contribution in [1.82, 2.24) is 29.4 Å². The number of nitrogens with one attached hydrogen (secondary N) is 2. The minimum atomic E-state index is -0.253. The van der Waals surface area contributed by atoms with E-state index in [-0.39, 0.29) is 11.9 Å². The summed E-state index contributed by atoms with van der Waals surface area (Å²) in [5.74, 6) is 0.553. The number of likely N-dealkylation sites (N-methyl/N-ethyl adjacent to an activating group) is 1. The molecule has 0 unspecified atom stereocenters. The third kappa shape index (κ3) is 6.21. The van der Waals surface area contributed by atoms with Crippen LogP contribution in [-0.4, -0.2) is 62.0 Å². The summed E-state index contributed by atoms with van der Waals surface area (Å²) in [5, 5.41) is 10.5. The molecule has 11 nitrogen and oxygen atoms in total. The molecule has 3 amide bonds. The Labute approximate surface area is 249 Å². The first-order valence-corrected chi connectivity index (χ1v) is 13.9. The fourth-order valence-corrected chi connectivity index (χ4v) is 4.86. The van der Waals surface area contributed by atoms with Crippen LogP contribution in [0.25, 0.3) is 5.52 Å². The van der Waals surface area contributed by atoms with Gasteiger partial charge >= 0.3 is 6.03 Å². The van der Waals surface area contributed by atoms with Crippen molar-refractivity contribution in [2.45, 2.75) is 13.1 Å². The number of hydrogen-bond acceptors (Lipinski definition) is 7. The van der Waals surface area contributed by atoms with Gasteiger partial charge in [-0.05, 0) is 50.0 Å². The molecule has 0 saturated heterocycles. The Bertz CT molecular complexity index is 1800. The van der Waals surface area contributed by atoms with Gasteiger partial charge in [0.2, 0.25) is 11.9 Å². The summed E-state index contributed by atoms with van der Waals surface area (Å²) >= 11 is 0. The van der Waals surface area contributed by atoms with Crippen LogP contribution in [0.2, 0.25) is 0 Å². The fourth-order valence-electron chi connectivity index (χ4n) is 4.86. The summed E-state index contributed by atoms with van der Waals surface area (Å²) in [6, 6.07) is 22.6. The molecule has 6 rings (SSSR count). The average molecular weight is 574 g/mol. The number of hydrogen-bond donors (Lipinski definition) is 2. The summed E-state index contributed by atoms with van der Waals surface area (Å²) in [6.07, 6.45) is 8.61. The highest BCUT2D eigenvalue weighted by Crippen LogP contribution is 2.36. The van der Waals surface area contributed by atoms with Crippen molar-refractivity contribution in [2.75, 3.05) is 36.2 Å². The van der Waals surface area contributed by atoms with Crippen molar-refractivity contribution in [3.8, 4) is 0 Å². The van der Waals surface area contributed by atoms with Crippen molar-refractivity contribution in [2.24, 2.45) is 0 Å². The smallest absolute Gasteiger partial charge is 0.322 e. The largest absolute Gasteiger partial charge is 0.330 e. The van der Waals surface area contributed by atoms with Crippen LogP contribution < -0.4 is 15.5 Å². The highest BCUT2D eigenvalue weighted by molar-refractivity contribution is 6.03. The van der Waals surface area contributed by atoms with Crippen LogP contribution in [0.15, 0.2) is 104 Å². The zero-order valence-electron chi connectivity index (χ0n) is 23.9. The molecule has 43 heavy (non-hydrogen) atoms. The predicted octanol–water partition coefficient (Wildman–Crippen LogP) is 5.20. The second kappa shape index (κ2) is 12.1. The van der Waals surface area contributed by atoms with E-state index < -0.39 is 0 Å². The van der Waals surface area contributed by atoms with E-state index in [1.807, 2.05) is 79.8 Å². The molecule has 1 aliphatic heterocycles. The summed E-state index contributed by atoms with van der Waals surface area (Å²) in [7, 11) is 3.87. The van der Waals surface area contributed by atoms with E-state index in [0.717, 1.165) is 22.3 Å². The van der Waals surface area contributed by atoms with E-state index in [1.165, 1.54) is 6.08 Å². The number of amides is 3. The van der Waals surface area contributed by atoms with Crippen LogP contribution >= 0.6 is 0 Å². The van der Waals surface area contributed by atoms with E-state index in [1.54, 1.807) is 51.0 Å². The topological polar surface area (TPSA) is 111 Å². The van der Waals surface area contributed by atoms with E-state index in [4.69, 9.17) is 4.98 Å². The van der Waals surface area contributed by atoms with Crippen molar-refractivity contribution in [3.05, 3.63) is 115 Å². The molecule has 216 valence electrons. The standard InChI is InChI=1S/C32H31N9O2/c1-38(2)16-9-15-29(42)35-25-12-8-13-26(18-25)41-30-24(22-39(32(41)43)21-23-10-4-3-5-11-23)19-33-31(37-30)36-27-20-34-40-17-7-6-14-28(27)40/h3-15,17-20H,16,21-22H2,1-2H3,(H,35,42)(H,33,36,37)/b15-9+. The number of fused-ring (bicyclic) bond motifs is 2. The summed E-state index contributed by atoms with van der Waals surface area (Å²) in [4.78, 5) is 41.3. The SMILES string of the molecule is CN(C)C/C=C/C(=O)Nc1cccc(N2C(=O)N(Cc3ccccc3)Cc3cnc(Nc4cnn5ccccc45)nc32)c1. The lowest BCUT2D eigenvalue weighted by molar-refractivity contribution is -0.111. The van der Waals surface area contributed by atoms with Gasteiger partial charge in [0.25, 0.3) is 0 Å². The molecule has 4 heterocycles. The van der Waals surface area contributed by atoms with Crippen molar-refractivity contribution >= 4 is 46.3 Å². The second-order valence-electron chi connectivity index (χ2n) is 10.4. The fraction of sp³-hybridized carbons (Fsp3) is 0.156. The number of nitrogens with zero attached hydrogens (tertiary/aromatic N) is 7. The number of pyridine rings is 1. The Kier molecular flexibility index (Phi) is 7.79. The molecule has 2 N–H and O–H groups in total. The number of carbonyl (C=O) groups excluding carboxylic acids is 2. The molecular weight excluding hydrogens is 542 g/mol. The molecule has 2 aromatic carbocycles. The van der Waals surface area contributed by atoms with Crippen molar-refractivity contribution in [1.29, 1.82) is 0 Å². The van der Waals surface area contributed by atoms with Crippen LogP contribution in [-0.2, 0) is 17.9 Å². The van der Waals surface area contributed by atoms with Gasteiger partial charge in [-0.25, -0.2) is 19.2 Å². The third-order valence-corrected chi connectivity index (χ3v) is 6.88. The Balaban J connectivity index is 1.34. The lowest BCUT2D eigenvalue weighted by atomic mass is 10.1. The van der Waals surface area contributed by atoms with Crippen LogP contribution in [0, 0.1) is 0 Å². The van der Waals surface area contributed by atoms with Crippen molar-refractivity contribution in [3.63, 3.8) is 0 Å². The second-order valence-corrected chi connectivity index (χ2v) is 10.4. The number of benzene rings is 2. The molecule has 0 saturated carbocycles. The number of aromatic nitrogens is 4. The minimum Gasteiger partial charge on any atom is -0.322 e. The van der Waals surface area contributed by atoms with E-state index in [0.29, 0.717) is 42.8 Å². The van der Waals surface area contributed by atoms with Gasteiger partial charge in [-0.15, -0.1) is 0 Å². The number of anilines is 5. The van der Waals surface area contributed by atoms with E-state index in [2.05, 4.69) is 20.7 Å². The molecule has 0 radical (unpaired) electrons. The number of urea groups is 1. The van der Waals surface area contributed by atoms with Crippen LogP contribution in [0.1, 0.15) is 11.1 Å². The molecule has 5 aromatic rings. The van der Waals surface area contributed by atoms with Crippen molar-refractivity contribution < 1.29 is 9.59 Å². The normalized spacial score (nSPS) is 13.1. The Hall–Kier alpha value is -5.55. The van der Waals surface area contributed by atoms with Crippen LogP contribution in [0.3, 0.4) is 0 Å². The first-order chi connectivity index (χ1) is 20.9. The van der Waals surface area contributed by atoms with Gasteiger partial charge in [0.15, 0.2) is 5.82 Å². The number of rotatable bonds is 9. The first-order valence-electron chi connectivity index (χ1n) is 13.9. The summed E-state index contributed by atoms with van der Waals surface area (Å²) < 4.78 is 1.76. The zero-order chi connectivity index (χ0) is 29.8. The van der Waals surface area contributed by atoms with Gasteiger partial charge < -0.3 is 20.4 Å². The average Bonchev–Trinajstić information content (AvgIpc) is 3.41.